The van der Waals surface area contributed by atoms with Gasteiger partial charge in [-0.1, -0.05) is 26.2 Å². The Kier molecular flexibility index (Phi) is 7.48. The van der Waals surface area contributed by atoms with E-state index in [-0.39, 0.29) is 6.10 Å². The van der Waals surface area contributed by atoms with E-state index in [1.807, 2.05) is 6.92 Å². The second-order valence-electron chi connectivity index (χ2n) is 3.77. The number of carbonyl (C=O) groups is 1. The summed E-state index contributed by atoms with van der Waals surface area (Å²) >= 11 is 0. The van der Waals surface area contributed by atoms with Crippen LogP contribution in [0.3, 0.4) is 0 Å². The first-order valence-corrected chi connectivity index (χ1v) is 5.46. The van der Waals surface area contributed by atoms with Gasteiger partial charge in [-0.05, 0) is 26.7 Å². The number of carbonyl (C=O) groups excluding carboxylic acids is 1. The van der Waals surface area contributed by atoms with Gasteiger partial charge in [-0.15, -0.1) is 0 Å². The van der Waals surface area contributed by atoms with Crippen molar-refractivity contribution in [3.05, 3.63) is 0 Å². The third-order valence-electron chi connectivity index (χ3n) is 2.12. The topological polar surface area (TPSA) is 46.5 Å². The molecule has 0 heterocycles. The predicted molar refractivity (Wildman–Crippen MR) is 56.0 cm³/mol. The van der Waals surface area contributed by atoms with E-state index in [1.54, 1.807) is 0 Å². The Morgan fingerprint density at radius 1 is 1.29 bits per heavy atom. The summed E-state index contributed by atoms with van der Waals surface area (Å²) in [7, 11) is 0. The summed E-state index contributed by atoms with van der Waals surface area (Å²) in [5.74, 6) is -0.520. The van der Waals surface area contributed by atoms with Crippen molar-refractivity contribution in [3.63, 3.8) is 0 Å². The first kappa shape index (κ1) is 13.4. The normalized spacial score (nSPS) is 14.9. The van der Waals surface area contributed by atoms with Crippen molar-refractivity contribution in [2.45, 2.75) is 65.1 Å². The van der Waals surface area contributed by atoms with E-state index < -0.39 is 12.1 Å². The van der Waals surface area contributed by atoms with Crippen molar-refractivity contribution < 1.29 is 14.6 Å². The number of hydrogen-bond acceptors (Lipinski definition) is 3. The molecule has 0 spiro atoms. The minimum Gasteiger partial charge on any atom is -0.461 e. The predicted octanol–water partition coefficient (Wildman–Crippen LogP) is 2.27. The summed E-state index contributed by atoms with van der Waals surface area (Å²) in [6.07, 6.45) is 4.52. The lowest BCUT2D eigenvalue weighted by Gasteiger charge is -2.13. The van der Waals surface area contributed by atoms with Crippen LogP contribution in [0.2, 0.25) is 0 Å². The van der Waals surface area contributed by atoms with Crippen LogP contribution in [0, 0.1) is 0 Å². The Morgan fingerprint density at radius 2 is 1.93 bits per heavy atom. The second-order valence-corrected chi connectivity index (χ2v) is 3.77. The summed E-state index contributed by atoms with van der Waals surface area (Å²) < 4.78 is 5.00. The molecular formula is C11H22O3. The lowest BCUT2D eigenvalue weighted by Crippen LogP contribution is -2.24. The fourth-order valence-corrected chi connectivity index (χ4v) is 1.21. The summed E-state index contributed by atoms with van der Waals surface area (Å²) in [6.45, 7) is 5.45. The zero-order valence-corrected chi connectivity index (χ0v) is 9.45. The number of aliphatic hydroxyl groups is 1. The molecule has 0 aliphatic rings. The number of unbranched alkanes of at least 4 members (excludes halogenated alkanes) is 3. The van der Waals surface area contributed by atoms with E-state index in [0.29, 0.717) is 0 Å². The lowest BCUT2D eigenvalue weighted by atomic mass is 10.1. The van der Waals surface area contributed by atoms with Gasteiger partial charge in [0.2, 0.25) is 0 Å². The Labute approximate surface area is 86.5 Å². The van der Waals surface area contributed by atoms with Gasteiger partial charge in [-0.25, -0.2) is 4.79 Å². The first-order valence-electron chi connectivity index (χ1n) is 5.46. The summed E-state index contributed by atoms with van der Waals surface area (Å²) in [6, 6.07) is 0. The van der Waals surface area contributed by atoms with E-state index in [1.165, 1.54) is 26.2 Å². The highest BCUT2D eigenvalue weighted by Gasteiger charge is 2.13. The van der Waals surface area contributed by atoms with Crippen LogP contribution in [0.25, 0.3) is 0 Å². The maximum atomic E-state index is 11.0. The molecule has 0 fully saturated rings. The molecule has 0 aromatic heterocycles. The molecule has 3 heteroatoms. The van der Waals surface area contributed by atoms with Gasteiger partial charge in [0.15, 0.2) is 0 Å². The van der Waals surface area contributed by atoms with Gasteiger partial charge in [0.25, 0.3) is 0 Å². The van der Waals surface area contributed by atoms with Crippen LogP contribution in [0.4, 0.5) is 0 Å². The third kappa shape index (κ3) is 6.89. The van der Waals surface area contributed by atoms with Crippen LogP contribution in [-0.4, -0.2) is 23.3 Å². The van der Waals surface area contributed by atoms with Gasteiger partial charge in [0.05, 0.1) is 6.10 Å². The largest absolute Gasteiger partial charge is 0.461 e. The second kappa shape index (κ2) is 7.80. The van der Waals surface area contributed by atoms with E-state index in [4.69, 9.17) is 9.84 Å². The fourth-order valence-electron chi connectivity index (χ4n) is 1.21. The molecule has 0 amide bonds. The maximum absolute atomic E-state index is 11.0. The zero-order valence-electron chi connectivity index (χ0n) is 9.45. The van der Waals surface area contributed by atoms with Crippen LogP contribution in [0.1, 0.15) is 52.9 Å². The molecular weight excluding hydrogens is 180 g/mol. The molecule has 0 unspecified atom stereocenters. The molecule has 0 bridgehead atoms. The molecule has 84 valence electrons. The van der Waals surface area contributed by atoms with Gasteiger partial charge >= 0.3 is 5.97 Å². The number of rotatable bonds is 7. The number of ether oxygens (including phenoxy) is 1. The Hall–Kier alpha value is -0.570. The molecule has 1 N–H and O–H groups in total. The summed E-state index contributed by atoms with van der Waals surface area (Å²) in [5, 5.41) is 8.90. The Balaban J connectivity index is 3.45. The van der Waals surface area contributed by atoms with E-state index >= 15 is 0 Å². The van der Waals surface area contributed by atoms with Crippen LogP contribution < -0.4 is 0 Å². The Bertz CT molecular complexity index is 155. The van der Waals surface area contributed by atoms with Crippen molar-refractivity contribution in [2.75, 3.05) is 0 Å². The average molecular weight is 202 g/mol. The average Bonchev–Trinajstić information content (AvgIpc) is 2.12. The summed E-state index contributed by atoms with van der Waals surface area (Å²) in [5.41, 5.74) is 0. The molecule has 0 aliphatic heterocycles. The number of esters is 1. The van der Waals surface area contributed by atoms with E-state index in [2.05, 4.69) is 6.92 Å². The van der Waals surface area contributed by atoms with Crippen LogP contribution in [-0.2, 0) is 9.53 Å². The zero-order chi connectivity index (χ0) is 11.0. The molecule has 0 saturated heterocycles. The molecule has 2 atom stereocenters. The molecule has 0 radical (unpaired) electrons. The van der Waals surface area contributed by atoms with Gasteiger partial charge in [-0.3, -0.25) is 0 Å². The highest BCUT2D eigenvalue weighted by atomic mass is 16.6. The highest BCUT2D eigenvalue weighted by Crippen LogP contribution is 2.08. The highest BCUT2D eigenvalue weighted by molar-refractivity contribution is 5.73. The fraction of sp³-hybridized carbons (Fsp3) is 0.909. The van der Waals surface area contributed by atoms with Crippen LogP contribution >= 0.6 is 0 Å². The van der Waals surface area contributed by atoms with Crippen LogP contribution in [0.5, 0.6) is 0 Å². The molecule has 0 aliphatic carbocycles. The van der Waals surface area contributed by atoms with Gasteiger partial charge in [-0.2, -0.15) is 0 Å². The SMILES string of the molecule is CCCCCC[C@@H](C)OC(=O)[C@@H](C)O. The third-order valence-corrected chi connectivity index (χ3v) is 2.12. The minimum atomic E-state index is -1.01. The molecule has 14 heavy (non-hydrogen) atoms. The maximum Gasteiger partial charge on any atom is 0.334 e. The van der Waals surface area contributed by atoms with Gasteiger partial charge < -0.3 is 9.84 Å². The monoisotopic (exact) mass is 202 g/mol. The van der Waals surface area contributed by atoms with E-state index in [0.717, 1.165) is 12.8 Å². The van der Waals surface area contributed by atoms with Crippen molar-refractivity contribution in [3.8, 4) is 0 Å². The number of aliphatic hydroxyl groups excluding tert-OH is 1. The minimum absolute atomic E-state index is 0.0750. The van der Waals surface area contributed by atoms with Gasteiger partial charge in [0.1, 0.15) is 6.10 Å². The lowest BCUT2D eigenvalue weighted by molar-refractivity contribution is -0.157. The van der Waals surface area contributed by atoms with E-state index in [9.17, 15) is 4.79 Å². The molecule has 0 aromatic carbocycles. The summed E-state index contributed by atoms with van der Waals surface area (Å²) in [4.78, 5) is 11.0. The van der Waals surface area contributed by atoms with Crippen molar-refractivity contribution in [2.24, 2.45) is 0 Å². The molecule has 0 saturated carbocycles. The molecule has 3 nitrogen and oxygen atoms in total. The Morgan fingerprint density at radius 3 is 2.43 bits per heavy atom. The van der Waals surface area contributed by atoms with Crippen molar-refractivity contribution in [1.82, 2.24) is 0 Å². The molecule has 0 aromatic rings. The first-order chi connectivity index (χ1) is 6.57. The van der Waals surface area contributed by atoms with Gasteiger partial charge in [0, 0.05) is 0 Å². The van der Waals surface area contributed by atoms with Crippen LogP contribution in [0.15, 0.2) is 0 Å². The van der Waals surface area contributed by atoms with Crippen molar-refractivity contribution >= 4 is 5.97 Å². The standard InChI is InChI=1S/C11H22O3/c1-4-5-6-7-8-9(2)14-11(13)10(3)12/h9-10,12H,4-8H2,1-3H3/t9-,10-/m1/s1. The molecule has 0 rings (SSSR count). The number of hydrogen-bond donors (Lipinski definition) is 1. The van der Waals surface area contributed by atoms with Crippen molar-refractivity contribution in [1.29, 1.82) is 0 Å². The quantitative estimate of drug-likeness (QED) is 0.509. The smallest absolute Gasteiger partial charge is 0.334 e.